The molecule has 210 valence electrons. The number of nitrogens with zero attached hydrogens (tertiary/aromatic N) is 1. The average molecular weight is 550 g/mol. The molecule has 0 bridgehead atoms. The van der Waals surface area contributed by atoms with Crippen molar-refractivity contribution in [3.05, 3.63) is 81.8 Å². The van der Waals surface area contributed by atoms with Crippen molar-refractivity contribution in [3.63, 3.8) is 0 Å². The molecule has 3 aliphatic rings. The molecule has 0 spiro atoms. The van der Waals surface area contributed by atoms with Crippen molar-refractivity contribution in [1.29, 1.82) is 0 Å². The van der Waals surface area contributed by atoms with Gasteiger partial charge in [-0.25, -0.2) is 8.78 Å². The van der Waals surface area contributed by atoms with Gasteiger partial charge < -0.3 is 14.4 Å². The molecule has 0 unspecified atom stereocenters. The number of carbonyl (C=O) groups excluding carboxylic acids is 1. The summed E-state index contributed by atoms with van der Waals surface area (Å²) in [5.74, 6) is -0.364. The van der Waals surface area contributed by atoms with Gasteiger partial charge in [0, 0.05) is 43.1 Å². The number of alkyl halides is 4. The van der Waals surface area contributed by atoms with E-state index in [2.05, 4.69) is 4.90 Å². The largest absolute Gasteiger partial charge is 0.416 e. The minimum atomic E-state index is -4.62. The van der Waals surface area contributed by atoms with Crippen molar-refractivity contribution >= 4 is 5.78 Å². The minimum absolute atomic E-state index is 0.0564. The van der Waals surface area contributed by atoms with Crippen molar-refractivity contribution in [3.8, 4) is 0 Å². The molecule has 0 radical (unpaired) electrons. The first-order valence-corrected chi connectivity index (χ1v) is 13.3. The van der Waals surface area contributed by atoms with Crippen LogP contribution in [0.1, 0.15) is 66.0 Å². The van der Waals surface area contributed by atoms with Gasteiger partial charge in [0.15, 0.2) is 12.1 Å². The third-order valence-electron chi connectivity index (χ3n) is 8.21. The standard InChI is InChI=1S/C30H32F5NO3/c1-17-8-23(32)6-7-26(17)28-27-15-36(24-4-3-5-25(37)12-24)14-21(27)16-38-29(28)39-18(2)20-9-19(13-31)10-22(11-20)30(33,34)35/h6-12,18,21,27-29H,3-5,13-16H2,1-2H3/t18-,21+,27-,28+,29-/m1/s1. The van der Waals surface area contributed by atoms with Crippen LogP contribution in [-0.4, -0.2) is 36.7 Å². The second-order valence-electron chi connectivity index (χ2n) is 10.9. The van der Waals surface area contributed by atoms with E-state index in [9.17, 15) is 26.7 Å². The average Bonchev–Trinajstić information content (AvgIpc) is 3.33. The van der Waals surface area contributed by atoms with Gasteiger partial charge in [0.25, 0.3) is 0 Å². The van der Waals surface area contributed by atoms with Gasteiger partial charge in [-0.05, 0) is 79.1 Å². The van der Waals surface area contributed by atoms with Crippen LogP contribution < -0.4 is 0 Å². The molecule has 0 saturated carbocycles. The lowest BCUT2D eigenvalue weighted by Gasteiger charge is -2.41. The SMILES string of the molecule is Cc1cc(F)ccc1[C@@H]1[C@@H](O[C@H](C)c2cc(CF)cc(C(F)(F)F)c2)OC[C@@H]2CN(C3=CC(=O)CCC3)C[C@H]21. The number of benzene rings is 2. The summed E-state index contributed by atoms with van der Waals surface area (Å²) in [5, 5.41) is 0. The van der Waals surface area contributed by atoms with Crippen LogP contribution in [0.3, 0.4) is 0 Å². The molecule has 0 aromatic heterocycles. The van der Waals surface area contributed by atoms with Gasteiger partial charge >= 0.3 is 6.18 Å². The first kappa shape index (κ1) is 27.8. The fraction of sp³-hybridized carbons (Fsp3) is 0.500. The summed E-state index contributed by atoms with van der Waals surface area (Å²) in [6, 6.07) is 7.74. The van der Waals surface area contributed by atoms with Crippen LogP contribution >= 0.6 is 0 Å². The quantitative estimate of drug-likeness (QED) is 0.363. The molecule has 4 nitrogen and oxygen atoms in total. The molecule has 5 atom stereocenters. The van der Waals surface area contributed by atoms with E-state index in [4.69, 9.17) is 9.47 Å². The van der Waals surface area contributed by atoms with Crippen molar-refractivity contribution in [1.82, 2.24) is 4.90 Å². The second-order valence-corrected chi connectivity index (χ2v) is 10.9. The molecular formula is C30H32F5NO3. The maximum Gasteiger partial charge on any atom is 0.416 e. The van der Waals surface area contributed by atoms with Crippen LogP contribution in [0.4, 0.5) is 22.0 Å². The first-order valence-electron chi connectivity index (χ1n) is 13.3. The zero-order chi connectivity index (χ0) is 27.9. The van der Waals surface area contributed by atoms with Crippen LogP contribution in [0.2, 0.25) is 0 Å². The Labute approximate surface area is 224 Å². The Morgan fingerprint density at radius 3 is 2.62 bits per heavy atom. The lowest BCUT2D eigenvalue weighted by molar-refractivity contribution is -0.217. The number of hydrogen-bond donors (Lipinski definition) is 0. The van der Waals surface area contributed by atoms with Crippen molar-refractivity contribution < 1.29 is 36.2 Å². The molecule has 0 N–H and O–H groups in total. The molecule has 2 fully saturated rings. The summed E-state index contributed by atoms with van der Waals surface area (Å²) in [4.78, 5) is 14.3. The van der Waals surface area contributed by atoms with Gasteiger partial charge in [-0.2, -0.15) is 13.2 Å². The van der Waals surface area contributed by atoms with Gasteiger partial charge in [-0.1, -0.05) is 12.1 Å². The van der Waals surface area contributed by atoms with Gasteiger partial charge in [-0.3, -0.25) is 4.79 Å². The van der Waals surface area contributed by atoms with E-state index in [1.165, 1.54) is 18.2 Å². The van der Waals surface area contributed by atoms with Gasteiger partial charge in [-0.15, -0.1) is 0 Å². The Kier molecular flexibility index (Phi) is 7.84. The molecule has 2 heterocycles. The van der Waals surface area contributed by atoms with Crippen LogP contribution in [0.25, 0.3) is 0 Å². The summed E-state index contributed by atoms with van der Waals surface area (Å²) >= 11 is 0. The predicted molar refractivity (Wildman–Crippen MR) is 135 cm³/mol. The van der Waals surface area contributed by atoms with Crippen molar-refractivity contribution in [2.45, 2.75) is 64.3 Å². The normalized spacial score (nSPS) is 26.4. The fourth-order valence-corrected chi connectivity index (χ4v) is 6.25. The second kappa shape index (κ2) is 11.0. The molecule has 2 aromatic carbocycles. The molecule has 9 heteroatoms. The summed E-state index contributed by atoms with van der Waals surface area (Å²) in [7, 11) is 0. The van der Waals surface area contributed by atoms with Gasteiger partial charge in [0.1, 0.15) is 12.5 Å². The molecule has 2 aromatic rings. The number of likely N-dealkylation sites (tertiary alicyclic amines) is 1. The van der Waals surface area contributed by atoms with Crippen molar-refractivity contribution in [2.75, 3.05) is 19.7 Å². The summed E-state index contributed by atoms with van der Waals surface area (Å²) < 4.78 is 80.4. The maximum atomic E-state index is 14.0. The number of aryl methyl sites for hydroxylation is 1. The number of halogens is 5. The molecule has 1 aliphatic carbocycles. The zero-order valence-corrected chi connectivity index (χ0v) is 21.9. The van der Waals surface area contributed by atoms with E-state index in [0.717, 1.165) is 48.3 Å². The van der Waals surface area contributed by atoms with E-state index in [1.807, 2.05) is 6.92 Å². The Hall–Kier alpha value is -2.78. The Bertz CT molecular complexity index is 1260. The van der Waals surface area contributed by atoms with E-state index < -0.39 is 30.8 Å². The van der Waals surface area contributed by atoms with Crippen LogP contribution in [0.5, 0.6) is 0 Å². The smallest absolute Gasteiger partial charge is 0.374 e. The summed E-state index contributed by atoms with van der Waals surface area (Å²) in [6.45, 7) is 4.18. The van der Waals surface area contributed by atoms with Crippen LogP contribution in [0.15, 0.2) is 48.2 Å². The minimum Gasteiger partial charge on any atom is -0.374 e. The highest BCUT2D eigenvalue weighted by Crippen LogP contribution is 2.47. The van der Waals surface area contributed by atoms with Crippen LogP contribution in [0, 0.1) is 24.6 Å². The van der Waals surface area contributed by atoms with E-state index in [1.54, 1.807) is 19.1 Å². The molecule has 2 saturated heterocycles. The third kappa shape index (κ3) is 5.89. The highest BCUT2D eigenvalue weighted by atomic mass is 19.4. The highest BCUT2D eigenvalue weighted by Gasteiger charge is 2.48. The number of allylic oxidation sites excluding steroid dienone is 2. The molecular weight excluding hydrogens is 517 g/mol. The Balaban J connectivity index is 1.45. The highest BCUT2D eigenvalue weighted by molar-refractivity contribution is 5.91. The zero-order valence-electron chi connectivity index (χ0n) is 21.9. The third-order valence-corrected chi connectivity index (χ3v) is 8.21. The Morgan fingerprint density at radius 2 is 1.92 bits per heavy atom. The maximum absolute atomic E-state index is 14.0. The van der Waals surface area contributed by atoms with Gasteiger partial charge in [0.05, 0.1) is 18.3 Å². The Morgan fingerprint density at radius 1 is 1.13 bits per heavy atom. The molecule has 2 aliphatic heterocycles. The number of hydrogen-bond acceptors (Lipinski definition) is 4. The lowest BCUT2D eigenvalue weighted by Crippen LogP contribution is -2.42. The molecule has 39 heavy (non-hydrogen) atoms. The fourth-order valence-electron chi connectivity index (χ4n) is 6.25. The first-order chi connectivity index (χ1) is 18.5. The number of carbonyl (C=O) groups is 1. The van der Waals surface area contributed by atoms with Crippen LogP contribution in [-0.2, 0) is 27.1 Å². The van der Waals surface area contributed by atoms with E-state index in [-0.39, 0.29) is 40.5 Å². The number of ether oxygens (including phenoxy) is 2. The number of fused-ring (bicyclic) bond motifs is 1. The van der Waals surface area contributed by atoms with Gasteiger partial charge in [0.2, 0.25) is 0 Å². The summed E-state index contributed by atoms with van der Waals surface area (Å²) in [5.41, 5.74) is 1.80. The van der Waals surface area contributed by atoms with E-state index >= 15 is 0 Å². The summed E-state index contributed by atoms with van der Waals surface area (Å²) in [6.07, 6.45) is -2.33. The topological polar surface area (TPSA) is 38.8 Å². The number of rotatable bonds is 6. The molecule has 5 rings (SSSR count). The molecule has 0 amide bonds. The number of ketones is 1. The monoisotopic (exact) mass is 549 g/mol. The lowest BCUT2D eigenvalue weighted by atomic mass is 9.76. The predicted octanol–water partition coefficient (Wildman–Crippen LogP) is 7.03. The van der Waals surface area contributed by atoms with E-state index in [0.29, 0.717) is 19.6 Å². The van der Waals surface area contributed by atoms with Crippen molar-refractivity contribution in [2.24, 2.45) is 11.8 Å².